The summed E-state index contributed by atoms with van der Waals surface area (Å²) in [4.78, 5) is 21.3. The van der Waals surface area contributed by atoms with Crippen LogP contribution in [0.3, 0.4) is 0 Å². The lowest BCUT2D eigenvalue weighted by atomic mass is 10.2. The summed E-state index contributed by atoms with van der Waals surface area (Å²) in [6.45, 7) is 2.99. The highest BCUT2D eigenvalue weighted by molar-refractivity contribution is 7.91. The molecule has 168 valence electrons. The third-order valence-corrected chi connectivity index (χ3v) is 8.56. The number of thiophene rings is 1. The third-order valence-electron chi connectivity index (χ3n) is 5.10. The average Bonchev–Trinajstić information content (AvgIpc) is 3.26. The zero-order valence-electron chi connectivity index (χ0n) is 17.7. The summed E-state index contributed by atoms with van der Waals surface area (Å²) in [6, 6.07) is 10.5. The Morgan fingerprint density at radius 3 is 2.59 bits per heavy atom. The molecule has 4 rings (SSSR count). The van der Waals surface area contributed by atoms with Crippen molar-refractivity contribution in [2.75, 3.05) is 18.4 Å². The summed E-state index contributed by atoms with van der Waals surface area (Å²) in [5.74, 6) is 0.356. The fourth-order valence-corrected chi connectivity index (χ4v) is 6.49. The van der Waals surface area contributed by atoms with E-state index in [1.165, 1.54) is 0 Å². The molecule has 0 atom stereocenters. The molecule has 1 saturated heterocycles. The van der Waals surface area contributed by atoms with Crippen LogP contribution >= 0.6 is 11.3 Å². The molecule has 0 saturated carbocycles. The number of amides is 1. The van der Waals surface area contributed by atoms with E-state index in [4.69, 9.17) is 4.74 Å². The van der Waals surface area contributed by atoms with Gasteiger partial charge in [0.05, 0.1) is 6.42 Å². The van der Waals surface area contributed by atoms with Crippen LogP contribution in [-0.2, 0) is 21.2 Å². The monoisotopic (exact) mass is 472 g/mol. The van der Waals surface area contributed by atoms with Gasteiger partial charge in [0.25, 0.3) is 10.0 Å². The Kier molecular flexibility index (Phi) is 6.83. The Morgan fingerprint density at radius 2 is 1.88 bits per heavy atom. The molecule has 10 heteroatoms. The molecule has 0 spiro atoms. The van der Waals surface area contributed by atoms with E-state index < -0.39 is 10.0 Å². The SMILES string of the molecule is Cc1cc(Oc2ncccn2)ccc1NC(=O)Cc1ccc(S(=O)(=O)N2CCCCC2)s1. The topological polar surface area (TPSA) is 101 Å². The van der Waals surface area contributed by atoms with Crippen LogP contribution in [0.4, 0.5) is 5.69 Å². The Labute approximate surface area is 191 Å². The van der Waals surface area contributed by atoms with Gasteiger partial charge in [-0.15, -0.1) is 11.3 Å². The Balaban J connectivity index is 1.38. The van der Waals surface area contributed by atoms with Gasteiger partial charge in [0, 0.05) is 36.0 Å². The molecule has 0 radical (unpaired) electrons. The number of benzene rings is 1. The zero-order chi connectivity index (χ0) is 22.6. The second-order valence-corrected chi connectivity index (χ2v) is 10.9. The standard InChI is InChI=1S/C22H24N4O4S2/c1-16-14-17(30-22-23-10-5-11-24-22)6-8-19(16)25-20(27)15-18-7-9-21(31-18)32(28,29)26-12-3-2-4-13-26/h5-11,14H,2-4,12-13,15H2,1H3,(H,25,27). The summed E-state index contributed by atoms with van der Waals surface area (Å²) >= 11 is 1.16. The summed E-state index contributed by atoms with van der Waals surface area (Å²) in [6.07, 6.45) is 6.14. The molecule has 1 aliphatic heterocycles. The van der Waals surface area contributed by atoms with Crippen LogP contribution in [-0.4, -0.2) is 41.7 Å². The summed E-state index contributed by atoms with van der Waals surface area (Å²) in [7, 11) is -3.48. The number of aryl methyl sites for hydroxylation is 1. The smallest absolute Gasteiger partial charge is 0.321 e. The minimum Gasteiger partial charge on any atom is -0.424 e. The summed E-state index contributed by atoms with van der Waals surface area (Å²) in [5.41, 5.74) is 1.49. The van der Waals surface area contributed by atoms with Crippen LogP contribution in [0.15, 0.2) is 53.0 Å². The second-order valence-electron chi connectivity index (χ2n) is 7.52. The molecule has 1 fully saturated rings. The molecule has 0 unspecified atom stereocenters. The fraction of sp³-hybridized carbons (Fsp3) is 0.318. The Bertz CT molecular complexity index is 1190. The van der Waals surface area contributed by atoms with Crippen LogP contribution in [0.1, 0.15) is 29.7 Å². The first-order chi connectivity index (χ1) is 15.4. The van der Waals surface area contributed by atoms with Crippen LogP contribution < -0.4 is 10.1 Å². The van der Waals surface area contributed by atoms with Crippen LogP contribution in [0, 0.1) is 6.92 Å². The lowest BCUT2D eigenvalue weighted by Gasteiger charge is -2.25. The highest BCUT2D eigenvalue weighted by Crippen LogP contribution is 2.28. The van der Waals surface area contributed by atoms with Crippen LogP contribution in [0.5, 0.6) is 11.8 Å². The average molecular weight is 473 g/mol. The van der Waals surface area contributed by atoms with Crippen molar-refractivity contribution in [3.63, 3.8) is 0 Å². The minimum absolute atomic E-state index is 0.107. The zero-order valence-corrected chi connectivity index (χ0v) is 19.3. The molecule has 3 heterocycles. The van der Waals surface area contributed by atoms with Gasteiger partial charge in [-0.1, -0.05) is 6.42 Å². The first-order valence-electron chi connectivity index (χ1n) is 10.4. The summed E-state index contributed by atoms with van der Waals surface area (Å²) < 4.78 is 33.0. The van der Waals surface area contributed by atoms with Gasteiger partial charge < -0.3 is 10.1 Å². The number of anilines is 1. The Morgan fingerprint density at radius 1 is 1.12 bits per heavy atom. The molecule has 32 heavy (non-hydrogen) atoms. The van der Waals surface area contributed by atoms with Crippen molar-refractivity contribution >= 4 is 33.0 Å². The number of nitrogens with one attached hydrogen (secondary N) is 1. The number of rotatable bonds is 7. The molecule has 0 aliphatic carbocycles. The van der Waals surface area contributed by atoms with E-state index in [9.17, 15) is 13.2 Å². The van der Waals surface area contributed by atoms with E-state index in [0.717, 1.165) is 36.2 Å². The predicted molar refractivity (Wildman–Crippen MR) is 123 cm³/mol. The van der Waals surface area contributed by atoms with E-state index in [0.29, 0.717) is 33.6 Å². The van der Waals surface area contributed by atoms with Crippen LogP contribution in [0.25, 0.3) is 0 Å². The number of carbonyl (C=O) groups excluding carboxylic acids is 1. The lowest BCUT2D eigenvalue weighted by Crippen LogP contribution is -2.35. The van der Waals surface area contributed by atoms with Gasteiger partial charge in [-0.2, -0.15) is 4.31 Å². The summed E-state index contributed by atoms with van der Waals surface area (Å²) in [5, 5.41) is 2.88. The molecule has 0 bridgehead atoms. The molecule has 3 aromatic rings. The van der Waals surface area contributed by atoms with E-state index in [1.54, 1.807) is 53.1 Å². The highest BCUT2D eigenvalue weighted by atomic mass is 32.2. The maximum Gasteiger partial charge on any atom is 0.321 e. The van der Waals surface area contributed by atoms with Crippen molar-refractivity contribution in [3.05, 3.63) is 59.2 Å². The molecular formula is C22H24N4O4S2. The normalized spacial score (nSPS) is 14.8. The maximum atomic E-state index is 12.8. The number of sulfonamides is 1. The van der Waals surface area contributed by atoms with E-state index in [2.05, 4.69) is 15.3 Å². The van der Waals surface area contributed by atoms with Gasteiger partial charge in [0.1, 0.15) is 9.96 Å². The number of hydrogen-bond donors (Lipinski definition) is 1. The van der Waals surface area contributed by atoms with Crippen LogP contribution in [0.2, 0.25) is 0 Å². The first-order valence-corrected chi connectivity index (χ1v) is 12.6. The van der Waals surface area contributed by atoms with Crippen molar-refractivity contribution in [1.29, 1.82) is 0 Å². The minimum atomic E-state index is -3.48. The van der Waals surface area contributed by atoms with E-state index in [-0.39, 0.29) is 18.3 Å². The molecule has 1 aromatic carbocycles. The first kappa shape index (κ1) is 22.4. The predicted octanol–water partition coefficient (Wildman–Crippen LogP) is 3.99. The van der Waals surface area contributed by atoms with E-state index in [1.807, 2.05) is 6.92 Å². The largest absolute Gasteiger partial charge is 0.424 e. The van der Waals surface area contributed by atoms with Crippen molar-refractivity contribution < 1.29 is 17.9 Å². The highest BCUT2D eigenvalue weighted by Gasteiger charge is 2.27. The quantitative estimate of drug-likeness (QED) is 0.558. The lowest BCUT2D eigenvalue weighted by molar-refractivity contribution is -0.115. The molecule has 8 nitrogen and oxygen atoms in total. The number of hydrogen-bond acceptors (Lipinski definition) is 7. The maximum absolute atomic E-state index is 12.8. The fourth-order valence-electron chi connectivity index (χ4n) is 3.46. The molecule has 2 aromatic heterocycles. The van der Waals surface area contributed by atoms with Crippen molar-refractivity contribution in [1.82, 2.24) is 14.3 Å². The van der Waals surface area contributed by atoms with E-state index >= 15 is 0 Å². The third kappa shape index (κ3) is 5.32. The molecule has 1 amide bonds. The van der Waals surface area contributed by atoms with Crippen molar-refractivity contribution in [2.24, 2.45) is 0 Å². The van der Waals surface area contributed by atoms with Gasteiger partial charge in [-0.25, -0.2) is 18.4 Å². The number of piperidine rings is 1. The van der Waals surface area contributed by atoms with Gasteiger partial charge in [0.15, 0.2) is 0 Å². The number of carbonyl (C=O) groups is 1. The Hall–Kier alpha value is -2.82. The van der Waals surface area contributed by atoms with Crippen molar-refractivity contribution in [3.8, 4) is 11.8 Å². The van der Waals surface area contributed by atoms with Gasteiger partial charge in [-0.05, 0) is 61.7 Å². The van der Waals surface area contributed by atoms with Gasteiger partial charge in [0.2, 0.25) is 5.91 Å². The molecule has 1 N–H and O–H groups in total. The molecular weight excluding hydrogens is 448 g/mol. The second kappa shape index (κ2) is 9.76. The van der Waals surface area contributed by atoms with Gasteiger partial charge >= 0.3 is 6.01 Å². The number of aromatic nitrogens is 2. The van der Waals surface area contributed by atoms with Crippen molar-refractivity contribution in [2.45, 2.75) is 36.8 Å². The number of ether oxygens (including phenoxy) is 1. The molecule has 1 aliphatic rings. The number of nitrogens with zero attached hydrogens (tertiary/aromatic N) is 3. The van der Waals surface area contributed by atoms with Gasteiger partial charge in [-0.3, -0.25) is 4.79 Å².